The van der Waals surface area contributed by atoms with E-state index in [1.807, 2.05) is 24.3 Å². The van der Waals surface area contributed by atoms with Crippen molar-refractivity contribution in [3.63, 3.8) is 0 Å². The molecule has 0 aliphatic carbocycles. The second-order valence-electron chi connectivity index (χ2n) is 6.23. The highest BCUT2D eigenvalue weighted by atomic mass is 32.1. The maximum absolute atomic E-state index is 12.6. The molecule has 0 saturated carbocycles. The van der Waals surface area contributed by atoms with Crippen LogP contribution in [0.25, 0.3) is 10.1 Å². The van der Waals surface area contributed by atoms with E-state index in [9.17, 15) is 4.79 Å². The molecule has 4 heterocycles. The first-order valence-electron chi connectivity index (χ1n) is 7.84. The number of methoxy groups -OCH3 is 1. The minimum absolute atomic E-state index is 0.0684. The Kier molecular flexibility index (Phi) is 3.54. The molecule has 4 nitrogen and oxygen atoms in total. The second kappa shape index (κ2) is 5.56. The van der Waals surface area contributed by atoms with Gasteiger partial charge in [0.25, 0.3) is 5.91 Å². The summed E-state index contributed by atoms with van der Waals surface area (Å²) >= 11 is 1.54. The Morgan fingerprint density at radius 2 is 2.14 bits per heavy atom. The number of hydrogen-bond acceptors (Lipinski definition) is 4. The predicted molar refractivity (Wildman–Crippen MR) is 88.8 cm³/mol. The number of piperidine rings is 3. The first kappa shape index (κ1) is 14.0. The summed E-state index contributed by atoms with van der Waals surface area (Å²) < 4.78 is 6.34. The molecule has 22 heavy (non-hydrogen) atoms. The fourth-order valence-electron chi connectivity index (χ4n) is 3.62. The fraction of sp³-hybridized carbons (Fsp3) is 0.471. The van der Waals surface area contributed by atoms with Crippen LogP contribution in [0.3, 0.4) is 0 Å². The molecule has 5 heteroatoms. The lowest BCUT2D eigenvalue weighted by atomic mass is 9.84. The van der Waals surface area contributed by atoms with Gasteiger partial charge in [0.05, 0.1) is 12.0 Å². The summed E-state index contributed by atoms with van der Waals surface area (Å²) in [6, 6.07) is 8.23. The summed E-state index contributed by atoms with van der Waals surface area (Å²) in [7, 11) is 1.66. The van der Waals surface area contributed by atoms with Crippen molar-refractivity contribution < 1.29 is 9.53 Å². The van der Waals surface area contributed by atoms with E-state index in [1.165, 1.54) is 37.3 Å². The maximum atomic E-state index is 12.6. The van der Waals surface area contributed by atoms with Crippen LogP contribution < -0.4 is 10.1 Å². The van der Waals surface area contributed by atoms with Crippen LogP contribution >= 0.6 is 11.3 Å². The Morgan fingerprint density at radius 1 is 1.32 bits per heavy atom. The number of rotatable bonds is 3. The zero-order chi connectivity index (χ0) is 15.1. The summed E-state index contributed by atoms with van der Waals surface area (Å²) in [6.07, 6.45) is 2.43. The number of fused-ring (bicyclic) bond motifs is 4. The molecule has 1 atom stereocenters. The predicted octanol–water partition coefficient (Wildman–Crippen LogP) is 2.73. The van der Waals surface area contributed by atoms with Crippen LogP contribution in [0.4, 0.5) is 0 Å². The molecule has 1 amide bonds. The van der Waals surface area contributed by atoms with Crippen LogP contribution in [0.5, 0.6) is 5.75 Å². The van der Waals surface area contributed by atoms with Gasteiger partial charge in [0, 0.05) is 17.3 Å². The highest BCUT2D eigenvalue weighted by Crippen LogP contribution is 2.31. The van der Waals surface area contributed by atoms with Crippen molar-refractivity contribution in [2.75, 3.05) is 26.7 Å². The Morgan fingerprint density at radius 3 is 2.82 bits per heavy atom. The van der Waals surface area contributed by atoms with E-state index in [2.05, 4.69) is 10.2 Å². The number of thiophene rings is 1. The molecule has 0 unspecified atom stereocenters. The van der Waals surface area contributed by atoms with Crippen molar-refractivity contribution in [3.8, 4) is 5.75 Å². The quantitative estimate of drug-likeness (QED) is 0.947. The van der Waals surface area contributed by atoms with E-state index in [0.29, 0.717) is 12.0 Å². The van der Waals surface area contributed by atoms with Gasteiger partial charge in [0.1, 0.15) is 5.75 Å². The van der Waals surface area contributed by atoms with Gasteiger partial charge in [-0.25, -0.2) is 0 Å². The Bertz CT molecular complexity index is 704. The monoisotopic (exact) mass is 316 g/mol. The molecule has 0 radical (unpaired) electrons. The van der Waals surface area contributed by atoms with Gasteiger partial charge >= 0.3 is 0 Å². The van der Waals surface area contributed by atoms with Crippen LogP contribution in [0, 0.1) is 5.92 Å². The molecule has 2 bridgehead atoms. The zero-order valence-corrected chi connectivity index (χ0v) is 13.5. The van der Waals surface area contributed by atoms with Gasteiger partial charge in [-0.2, -0.15) is 0 Å². The van der Waals surface area contributed by atoms with Crippen LogP contribution in [0.2, 0.25) is 0 Å². The average Bonchev–Trinajstić information content (AvgIpc) is 2.99. The molecule has 1 aromatic carbocycles. The number of carbonyl (C=O) groups excluding carboxylic acids is 1. The molecule has 3 saturated heterocycles. The van der Waals surface area contributed by atoms with Gasteiger partial charge in [-0.05, 0) is 61.5 Å². The van der Waals surface area contributed by atoms with Crippen LogP contribution in [0.15, 0.2) is 24.3 Å². The molecule has 0 spiro atoms. The zero-order valence-electron chi connectivity index (χ0n) is 12.7. The largest absolute Gasteiger partial charge is 0.497 e. The van der Waals surface area contributed by atoms with Crippen LogP contribution in [-0.2, 0) is 0 Å². The molecule has 1 aromatic heterocycles. The SMILES string of the molecule is COc1ccc2cc(C(=O)N[C@@H]3CN4CCC3CC4)sc2c1. The van der Waals surface area contributed by atoms with Crippen LogP contribution in [-0.4, -0.2) is 43.6 Å². The topological polar surface area (TPSA) is 41.6 Å². The van der Waals surface area contributed by atoms with E-state index < -0.39 is 0 Å². The summed E-state index contributed by atoms with van der Waals surface area (Å²) in [4.78, 5) is 15.8. The van der Waals surface area contributed by atoms with E-state index >= 15 is 0 Å². The third-order valence-corrected chi connectivity index (χ3v) is 6.02. The standard InChI is InChI=1S/C17H20N2O2S/c1-21-13-3-2-12-8-16(22-15(12)9-13)17(20)18-14-10-19-6-4-11(14)5-7-19/h2-3,8-9,11,14H,4-7,10H2,1H3,(H,18,20)/t14-/m1/s1. The van der Waals surface area contributed by atoms with E-state index in [-0.39, 0.29) is 5.91 Å². The van der Waals surface area contributed by atoms with Crippen molar-refractivity contribution in [2.45, 2.75) is 18.9 Å². The smallest absolute Gasteiger partial charge is 0.261 e. The van der Waals surface area contributed by atoms with E-state index in [1.54, 1.807) is 7.11 Å². The lowest BCUT2D eigenvalue weighted by molar-refractivity contribution is 0.0622. The summed E-state index contributed by atoms with van der Waals surface area (Å²) in [5, 5.41) is 4.36. The van der Waals surface area contributed by atoms with Crippen molar-refractivity contribution in [2.24, 2.45) is 5.92 Å². The number of carbonyl (C=O) groups is 1. The number of amides is 1. The lowest BCUT2D eigenvalue weighted by Gasteiger charge is -2.44. The number of benzene rings is 1. The maximum Gasteiger partial charge on any atom is 0.261 e. The summed E-state index contributed by atoms with van der Waals surface area (Å²) in [6.45, 7) is 3.40. The van der Waals surface area contributed by atoms with Gasteiger partial charge in [0.2, 0.25) is 0 Å². The highest BCUT2D eigenvalue weighted by molar-refractivity contribution is 7.20. The lowest BCUT2D eigenvalue weighted by Crippen LogP contribution is -2.57. The Labute approximate surface area is 134 Å². The number of ether oxygens (including phenoxy) is 1. The van der Waals surface area contributed by atoms with E-state index in [4.69, 9.17) is 4.74 Å². The van der Waals surface area contributed by atoms with Gasteiger partial charge in [-0.15, -0.1) is 11.3 Å². The average molecular weight is 316 g/mol. The molecule has 3 aliphatic rings. The third kappa shape index (κ3) is 2.48. The van der Waals surface area contributed by atoms with Crippen molar-refractivity contribution in [1.29, 1.82) is 0 Å². The summed E-state index contributed by atoms with van der Waals surface area (Å²) in [5.41, 5.74) is 0. The normalized spacial score (nSPS) is 27.0. The van der Waals surface area contributed by atoms with Crippen LogP contribution in [0.1, 0.15) is 22.5 Å². The van der Waals surface area contributed by atoms with Crippen molar-refractivity contribution in [3.05, 3.63) is 29.1 Å². The molecule has 5 rings (SSSR count). The first-order chi connectivity index (χ1) is 10.7. The molecular weight excluding hydrogens is 296 g/mol. The van der Waals surface area contributed by atoms with Gasteiger partial charge in [0.15, 0.2) is 0 Å². The molecule has 3 aliphatic heterocycles. The van der Waals surface area contributed by atoms with Gasteiger partial charge in [-0.3, -0.25) is 4.79 Å². The Balaban J connectivity index is 1.52. The summed E-state index contributed by atoms with van der Waals surface area (Å²) in [5.74, 6) is 1.56. The number of nitrogens with zero attached hydrogens (tertiary/aromatic N) is 1. The van der Waals surface area contributed by atoms with Crippen molar-refractivity contribution in [1.82, 2.24) is 10.2 Å². The Hall–Kier alpha value is -1.59. The highest BCUT2D eigenvalue weighted by Gasteiger charge is 2.35. The molecule has 1 N–H and O–H groups in total. The minimum Gasteiger partial charge on any atom is -0.497 e. The first-order valence-corrected chi connectivity index (χ1v) is 8.65. The molecule has 116 valence electrons. The molecule has 3 fully saturated rings. The third-order valence-electron chi connectivity index (χ3n) is 4.92. The van der Waals surface area contributed by atoms with Gasteiger partial charge < -0.3 is 15.0 Å². The minimum atomic E-state index is 0.0684. The van der Waals surface area contributed by atoms with Crippen molar-refractivity contribution >= 4 is 27.3 Å². The molecular formula is C17H20N2O2S. The number of nitrogens with one attached hydrogen (secondary N) is 1. The molecule has 2 aromatic rings. The fourth-order valence-corrected chi connectivity index (χ4v) is 4.61. The van der Waals surface area contributed by atoms with Gasteiger partial charge in [-0.1, -0.05) is 0 Å². The number of hydrogen-bond donors (Lipinski definition) is 1. The second-order valence-corrected chi connectivity index (χ2v) is 7.32. The van der Waals surface area contributed by atoms with E-state index in [0.717, 1.165) is 27.3 Å².